The second kappa shape index (κ2) is 8.98. The van der Waals surface area contributed by atoms with Gasteiger partial charge < -0.3 is 15.1 Å². The predicted molar refractivity (Wildman–Crippen MR) is 68.7 cm³/mol. The summed E-state index contributed by atoms with van der Waals surface area (Å²) in [6.07, 6.45) is 1.40. The van der Waals surface area contributed by atoms with Crippen LogP contribution >= 0.6 is 0 Å². The Kier molecular flexibility index (Phi) is 8.40. The Balaban J connectivity index is 3.85. The zero-order valence-corrected chi connectivity index (χ0v) is 11.5. The Hall–Kier alpha value is -1.10. The average Bonchev–Trinajstić information content (AvgIpc) is 2.22. The molecule has 0 unspecified atom stereocenters. The summed E-state index contributed by atoms with van der Waals surface area (Å²) in [5.74, 6) is 0.111. The van der Waals surface area contributed by atoms with Crippen molar-refractivity contribution in [3.63, 3.8) is 0 Å². The van der Waals surface area contributed by atoms with Crippen molar-refractivity contribution in [2.45, 2.75) is 26.7 Å². The van der Waals surface area contributed by atoms with Gasteiger partial charge in [-0.1, -0.05) is 6.92 Å². The van der Waals surface area contributed by atoms with Gasteiger partial charge in [-0.25, -0.2) is 0 Å². The molecule has 0 saturated carbocycles. The number of likely N-dealkylation sites (N-methyl/N-ethyl adjacent to an activating group) is 1. The van der Waals surface area contributed by atoms with Crippen LogP contribution in [0.25, 0.3) is 0 Å². The van der Waals surface area contributed by atoms with E-state index in [0.29, 0.717) is 26.1 Å². The Bertz CT molecular complexity index is 242. The van der Waals surface area contributed by atoms with Crippen molar-refractivity contribution < 1.29 is 9.59 Å². The number of hydrogen-bond donors (Lipinski definition) is 1. The van der Waals surface area contributed by atoms with Crippen LogP contribution < -0.4 is 5.32 Å². The lowest BCUT2D eigenvalue weighted by molar-refractivity contribution is -0.129. The van der Waals surface area contributed by atoms with E-state index in [9.17, 15) is 9.59 Å². The number of nitrogens with zero attached hydrogens (tertiary/aromatic N) is 2. The van der Waals surface area contributed by atoms with E-state index in [1.165, 1.54) is 0 Å². The smallest absolute Gasteiger partial charge is 0.220 e. The molecule has 5 nitrogen and oxygen atoms in total. The molecule has 0 radical (unpaired) electrons. The maximum atomic E-state index is 11.4. The van der Waals surface area contributed by atoms with Gasteiger partial charge in [-0.3, -0.25) is 9.59 Å². The summed E-state index contributed by atoms with van der Waals surface area (Å²) in [4.78, 5) is 26.4. The van der Waals surface area contributed by atoms with Crippen LogP contribution in [0, 0.1) is 0 Å². The number of hydrogen-bond acceptors (Lipinski definition) is 3. The maximum absolute atomic E-state index is 11.4. The number of amides is 2. The molecule has 0 aliphatic carbocycles. The van der Waals surface area contributed by atoms with E-state index < -0.39 is 0 Å². The molecule has 0 aliphatic rings. The molecule has 0 saturated heterocycles. The van der Waals surface area contributed by atoms with Crippen molar-refractivity contribution in [3.8, 4) is 0 Å². The van der Waals surface area contributed by atoms with E-state index in [0.717, 1.165) is 13.0 Å². The first kappa shape index (κ1) is 15.9. The molecule has 0 atom stereocenters. The predicted octanol–water partition coefficient (Wildman–Crippen LogP) is 0.313. The van der Waals surface area contributed by atoms with Gasteiger partial charge in [0.1, 0.15) is 0 Å². The van der Waals surface area contributed by atoms with Crippen LogP contribution in [0.5, 0.6) is 0 Å². The van der Waals surface area contributed by atoms with Crippen LogP contribution in [0.4, 0.5) is 0 Å². The number of carbonyl (C=O) groups is 2. The molecule has 0 fully saturated rings. The first-order valence-electron chi connectivity index (χ1n) is 6.14. The van der Waals surface area contributed by atoms with Gasteiger partial charge >= 0.3 is 0 Å². The highest BCUT2D eigenvalue weighted by Gasteiger charge is 2.08. The summed E-state index contributed by atoms with van der Waals surface area (Å²) in [5, 5.41) is 2.81. The topological polar surface area (TPSA) is 52.7 Å². The van der Waals surface area contributed by atoms with E-state index in [2.05, 4.69) is 5.32 Å². The molecule has 100 valence electrons. The lowest BCUT2D eigenvalue weighted by Crippen LogP contribution is -2.40. The van der Waals surface area contributed by atoms with E-state index in [1.54, 1.807) is 11.8 Å². The summed E-state index contributed by atoms with van der Waals surface area (Å²) in [6.45, 7) is 6.18. The number of nitrogens with one attached hydrogen (secondary N) is 1. The van der Waals surface area contributed by atoms with Crippen LogP contribution in [0.15, 0.2) is 0 Å². The van der Waals surface area contributed by atoms with Crippen LogP contribution in [0.3, 0.4) is 0 Å². The third-order valence-corrected chi connectivity index (χ3v) is 2.44. The molecule has 2 amide bonds. The summed E-state index contributed by atoms with van der Waals surface area (Å²) in [6, 6.07) is 0. The van der Waals surface area contributed by atoms with Crippen LogP contribution in [0.2, 0.25) is 0 Å². The molecule has 0 spiro atoms. The molecule has 17 heavy (non-hydrogen) atoms. The van der Waals surface area contributed by atoms with Gasteiger partial charge in [-0.05, 0) is 20.5 Å². The van der Waals surface area contributed by atoms with E-state index in [1.807, 2.05) is 25.9 Å². The minimum atomic E-state index is 0.0524. The molecule has 0 aliphatic heterocycles. The molecule has 0 heterocycles. The zero-order chi connectivity index (χ0) is 13.3. The number of rotatable bonds is 8. The van der Waals surface area contributed by atoms with Crippen molar-refractivity contribution >= 4 is 11.8 Å². The van der Waals surface area contributed by atoms with Crippen LogP contribution in [-0.2, 0) is 9.59 Å². The minimum Gasteiger partial charge on any atom is -0.354 e. The Morgan fingerprint density at radius 2 is 1.76 bits per heavy atom. The zero-order valence-electron chi connectivity index (χ0n) is 11.5. The molecule has 0 bridgehead atoms. The van der Waals surface area contributed by atoms with Crippen molar-refractivity contribution in [1.82, 2.24) is 15.1 Å². The van der Waals surface area contributed by atoms with Gasteiger partial charge in [0.05, 0.1) is 0 Å². The molecule has 1 N–H and O–H groups in total. The fraction of sp³-hybridized carbons (Fsp3) is 0.833. The molecule has 0 aromatic heterocycles. The SMILES string of the molecule is CCCC(=O)NCCN(CCN(C)C)C(C)=O. The summed E-state index contributed by atoms with van der Waals surface area (Å²) in [5.41, 5.74) is 0. The van der Waals surface area contributed by atoms with Gasteiger partial charge in [0.15, 0.2) is 0 Å². The summed E-state index contributed by atoms with van der Waals surface area (Å²) in [7, 11) is 3.95. The fourth-order valence-electron chi connectivity index (χ4n) is 1.39. The van der Waals surface area contributed by atoms with Gasteiger partial charge in [-0.2, -0.15) is 0 Å². The van der Waals surface area contributed by atoms with Gasteiger partial charge in [0.25, 0.3) is 0 Å². The first-order valence-corrected chi connectivity index (χ1v) is 6.14. The Morgan fingerprint density at radius 1 is 1.12 bits per heavy atom. The van der Waals surface area contributed by atoms with Gasteiger partial charge in [0, 0.05) is 39.5 Å². The first-order chi connectivity index (χ1) is 7.97. The van der Waals surface area contributed by atoms with Crippen LogP contribution in [-0.4, -0.2) is 61.9 Å². The van der Waals surface area contributed by atoms with Gasteiger partial charge in [0.2, 0.25) is 11.8 Å². The quantitative estimate of drug-likeness (QED) is 0.667. The lowest BCUT2D eigenvalue weighted by Gasteiger charge is -2.23. The van der Waals surface area contributed by atoms with Crippen molar-refractivity contribution in [2.75, 3.05) is 40.3 Å². The molecule has 5 heteroatoms. The standard InChI is InChI=1S/C12H25N3O2/c1-5-6-12(17)13-7-8-15(11(2)16)10-9-14(3)4/h5-10H2,1-4H3,(H,13,17). The lowest BCUT2D eigenvalue weighted by atomic mass is 10.3. The highest BCUT2D eigenvalue weighted by atomic mass is 16.2. The molecular formula is C12H25N3O2. The average molecular weight is 243 g/mol. The second-order valence-electron chi connectivity index (χ2n) is 4.41. The fourth-order valence-corrected chi connectivity index (χ4v) is 1.39. The van der Waals surface area contributed by atoms with E-state index >= 15 is 0 Å². The van der Waals surface area contributed by atoms with Crippen molar-refractivity contribution in [3.05, 3.63) is 0 Å². The third-order valence-electron chi connectivity index (χ3n) is 2.44. The highest BCUT2D eigenvalue weighted by molar-refractivity contribution is 5.76. The highest BCUT2D eigenvalue weighted by Crippen LogP contribution is 1.91. The van der Waals surface area contributed by atoms with Gasteiger partial charge in [-0.15, -0.1) is 0 Å². The van der Waals surface area contributed by atoms with Crippen molar-refractivity contribution in [1.29, 1.82) is 0 Å². The van der Waals surface area contributed by atoms with E-state index in [4.69, 9.17) is 0 Å². The molecular weight excluding hydrogens is 218 g/mol. The Morgan fingerprint density at radius 3 is 2.24 bits per heavy atom. The monoisotopic (exact) mass is 243 g/mol. The van der Waals surface area contributed by atoms with Crippen molar-refractivity contribution in [2.24, 2.45) is 0 Å². The molecule has 0 aromatic carbocycles. The third kappa shape index (κ3) is 8.68. The number of carbonyl (C=O) groups excluding carboxylic acids is 2. The minimum absolute atomic E-state index is 0.0524. The van der Waals surface area contributed by atoms with Crippen LogP contribution in [0.1, 0.15) is 26.7 Å². The maximum Gasteiger partial charge on any atom is 0.220 e. The summed E-state index contributed by atoms with van der Waals surface area (Å²) < 4.78 is 0. The normalized spacial score (nSPS) is 10.4. The summed E-state index contributed by atoms with van der Waals surface area (Å²) >= 11 is 0. The largest absolute Gasteiger partial charge is 0.354 e. The Labute approximate surface area is 104 Å². The van der Waals surface area contributed by atoms with E-state index in [-0.39, 0.29) is 11.8 Å². The molecule has 0 aromatic rings. The second-order valence-corrected chi connectivity index (χ2v) is 4.41. The molecule has 0 rings (SSSR count).